The van der Waals surface area contributed by atoms with E-state index in [1.165, 1.54) is 23.5 Å². The summed E-state index contributed by atoms with van der Waals surface area (Å²) in [6.45, 7) is 1.85. The number of benzene rings is 2. The molecule has 0 unspecified atom stereocenters. The zero-order valence-electron chi connectivity index (χ0n) is 16.0. The van der Waals surface area contributed by atoms with Gasteiger partial charge in [-0.3, -0.25) is 4.79 Å². The van der Waals surface area contributed by atoms with Gasteiger partial charge in [-0.25, -0.2) is 4.98 Å². The van der Waals surface area contributed by atoms with Gasteiger partial charge in [-0.15, -0.1) is 11.3 Å². The van der Waals surface area contributed by atoms with Crippen LogP contribution in [0, 0.1) is 0 Å². The van der Waals surface area contributed by atoms with Gasteiger partial charge in [0.2, 0.25) is 0 Å². The van der Waals surface area contributed by atoms with Crippen LogP contribution in [0.25, 0.3) is 10.6 Å². The van der Waals surface area contributed by atoms with Crippen molar-refractivity contribution in [2.45, 2.75) is 25.6 Å². The molecule has 156 valence electrons. The van der Waals surface area contributed by atoms with Gasteiger partial charge in [0.05, 0.1) is 11.3 Å². The average molecular weight is 432 g/mol. The Labute approximate surface area is 175 Å². The molecule has 0 radical (unpaired) electrons. The fourth-order valence-electron chi connectivity index (χ4n) is 3.26. The van der Waals surface area contributed by atoms with E-state index in [1.807, 2.05) is 10.3 Å². The first-order chi connectivity index (χ1) is 14.4. The minimum Gasteiger partial charge on any atom is -0.487 e. The van der Waals surface area contributed by atoms with Crippen molar-refractivity contribution in [3.63, 3.8) is 0 Å². The van der Waals surface area contributed by atoms with E-state index in [0.29, 0.717) is 27.6 Å². The standard InChI is InChI=1S/C22H19F3N2O2S/c23-22(24,25)17-7-3-15(4-8-17)20-26-18(14-30-20)13-29-19-9-5-16(6-10-19)21(28)27-11-1-2-12-27/h3-10,14H,1-2,11-13H2. The number of thiazole rings is 1. The summed E-state index contributed by atoms with van der Waals surface area (Å²) >= 11 is 1.35. The SMILES string of the molecule is O=C(c1ccc(OCc2csc(-c3ccc(C(F)(F)F)cc3)n2)cc1)N1CCCC1. The number of amides is 1. The van der Waals surface area contributed by atoms with E-state index in [9.17, 15) is 18.0 Å². The number of ether oxygens (including phenoxy) is 1. The van der Waals surface area contributed by atoms with Gasteiger partial charge in [0.1, 0.15) is 17.4 Å². The van der Waals surface area contributed by atoms with Crippen LogP contribution in [-0.2, 0) is 12.8 Å². The molecular weight excluding hydrogens is 413 g/mol. The quantitative estimate of drug-likeness (QED) is 0.524. The lowest BCUT2D eigenvalue weighted by molar-refractivity contribution is -0.137. The van der Waals surface area contributed by atoms with Crippen molar-refractivity contribution in [2.24, 2.45) is 0 Å². The molecule has 30 heavy (non-hydrogen) atoms. The highest BCUT2D eigenvalue weighted by Gasteiger charge is 2.30. The second-order valence-electron chi connectivity index (χ2n) is 7.03. The minimum atomic E-state index is -4.35. The highest BCUT2D eigenvalue weighted by molar-refractivity contribution is 7.13. The lowest BCUT2D eigenvalue weighted by Crippen LogP contribution is -2.27. The van der Waals surface area contributed by atoms with Gasteiger partial charge in [-0.05, 0) is 49.2 Å². The molecule has 1 aromatic heterocycles. The summed E-state index contributed by atoms with van der Waals surface area (Å²) in [5, 5.41) is 2.45. The molecular formula is C22H19F3N2O2S. The number of carbonyl (C=O) groups excluding carboxylic acids is 1. The Hall–Kier alpha value is -2.87. The van der Waals surface area contributed by atoms with Crippen molar-refractivity contribution in [1.82, 2.24) is 9.88 Å². The maximum atomic E-state index is 12.7. The topological polar surface area (TPSA) is 42.4 Å². The van der Waals surface area contributed by atoms with Crippen molar-refractivity contribution in [3.8, 4) is 16.3 Å². The molecule has 0 saturated carbocycles. The molecule has 0 spiro atoms. The molecule has 1 aliphatic heterocycles. The largest absolute Gasteiger partial charge is 0.487 e. The normalized spacial score (nSPS) is 14.2. The minimum absolute atomic E-state index is 0.0414. The van der Waals surface area contributed by atoms with Gasteiger partial charge in [0.25, 0.3) is 5.91 Å². The van der Waals surface area contributed by atoms with Crippen LogP contribution in [0.1, 0.15) is 34.5 Å². The summed E-state index contributed by atoms with van der Waals surface area (Å²) in [6.07, 6.45) is -2.25. The molecule has 2 aromatic carbocycles. The monoisotopic (exact) mass is 432 g/mol. The number of carbonyl (C=O) groups is 1. The van der Waals surface area contributed by atoms with E-state index in [0.717, 1.165) is 38.1 Å². The van der Waals surface area contributed by atoms with E-state index in [1.54, 1.807) is 24.3 Å². The Morgan fingerprint density at radius 1 is 1.03 bits per heavy atom. The van der Waals surface area contributed by atoms with E-state index in [2.05, 4.69) is 4.98 Å². The van der Waals surface area contributed by atoms with Crippen molar-refractivity contribution >= 4 is 17.2 Å². The second kappa shape index (κ2) is 8.47. The molecule has 0 bridgehead atoms. The van der Waals surface area contributed by atoms with Crippen LogP contribution >= 0.6 is 11.3 Å². The first kappa shape index (κ1) is 20.4. The predicted molar refractivity (Wildman–Crippen MR) is 108 cm³/mol. The smallest absolute Gasteiger partial charge is 0.416 e. The Morgan fingerprint density at radius 2 is 1.70 bits per heavy atom. The number of hydrogen-bond acceptors (Lipinski definition) is 4. The molecule has 0 aliphatic carbocycles. The number of rotatable bonds is 5. The fraction of sp³-hybridized carbons (Fsp3) is 0.273. The van der Waals surface area contributed by atoms with Crippen LogP contribution in [0.4, 0.5) is 13.2 Å². The highest BCUT2D eigenvalue weighted by atomic mass is 32.1. The molecule has 1 fully saturated rings. The summed E-state index contributed by atoms with van der Waals surface area (Å²) in [6, 6.07) is 12.0. The summed E-state index contributed by atoms with van der Waals surface area (Å²) in [7, 11) is 0. The average Bonchev–Trinajstić information content (AvgIpc) is 3.44. The van der Waals surface area contributed by atoms with Gasteiger partial charge in [0.15, 0.2) is 0 Å². The van der Waals surface area contributed by atoms with E-state index in [4.69, 9.17) is 4.74 Å². The van der Waals surface area contributed by atoms with Crippen LogP contribution in [0.2, 0.25) is 0 Å². The molecule has 3 aromatic rings. The zero-order chi connectivity index (χ0) is 21.1. The highest BCUT2D eigenvalue weighted by Crippen LogP contribution is 2.32. The molecule has 0 atom stereocenters. The van der Waals surface area contributed by atoms with E-state index >= 15 is 0 Å². The zero-order valence-corrected chi connectivity index (χ0v) is 16.8. The predicted octanol–water partition coefficient (Wildman–Crippen LogP) is 5.64. The van der Waals surface area contributed by atoms with Gasteiger partial charge < -0.3 is 9.64 Å². The van der Waals surface area contributed by atoms with Crippen molar-refractivity contribution in [2.75, 3.05) is 13.1 Å². The lowest BCUT2D eigenvalue weighted by Gasteiger charge is -2.15. The number of likely N-dealkylation sites (tertiary alicyclic amines) is 1. The lowest BCUT2D eigenvalue weighted by atomic mass is 10.1. The third-order valence-corrected chi connectivity index (χ3v) is 5.83. The molecule has 2 heterocycles. The Balaban J connectivity index is 1.36. The Morgan fingerprint density at radius 3 is 2.33 bits per heavy atom. The molecule has 4 rings (SSSR count). The van der Waals surface area contributed by atoms with Gasteiger partial charge in [0, 0.05) is 29.6 Å². The van der Waals surface area contributed by atoms with Crippen molar-refractivity contribution in [3.05, 3.63) is 70.7 Å². The molecule has 1 aliphatic rings. The number of aromatic nitrogens is 1. The van der Waals surface area contributed by atoms with Crippen molar-refractivity contribution < 1.29 is 22.7 Å². The van der Waals surface area contributed by atoms with E-state index in [-0.39, 0.29) is 12.5 Å². The number of alkyl halides is 3. The maximum Gasteiger partial charge on any atom is 0.416 e. The van der Waals surface area contributed by atoms with Gasteiger partial charge >= 0.3 is 6.18 Å². The van der Waals surface area contributed by atoms with Crippen LogP contribution in [0.5, 0.6) is 5.75 Å². The van der Waals surface area contributed by atoms with Gasteiger partial charge in [-0.1, -0.05) is 12.1 Å². The molecule has 4 nitrogen and oxygen atoms in total. The third-order valence-electron chi connectivity index (χ3n) is 4.89. The van der Waals surface area contributed by atoms with Gasteiger partial charge in [-0.2, -0.15) is 13.2 Å². The number of nitrogens with zero attached hydrogens (tertiary/aromatic N) is 2. The van der Waals surface area contributed by atoms with Crippen molar-refractivity contribution in [1.29, 1.82) is 0 Å². The molecule has 1 amide bonds. The summed E-state index contributed by atoms with van der Waals surface area (Å²) in [5.74, 6) is 0.664. The Kier molecular flexibility index (Phi) is 5.76. The Bertz CT molecular complexity index is 1010. The van der Waals surface area contributed by atoms with Crippen LogP contribution in [0.15, 0.2) is 53.9 Å². The van der Waals surface area contributed by atoms with E-state index < -0.39 is 11.7 Å². The number of hydrogen-bond donors (Lipinski definition) is 0. The first-order valence-corrected chi connectivity index (χ1v) is 10.4. The molecule has 0 N–H and O–H groups in total. The number of halogens is 3. The first-order valence-electron chi connectivity index (χ1n) is 9.54. The summed E-state index contributed by atoms with van der Waals surface area (Å²) in [4.78, 5) is 18.7. The summed E-state index contributed by atoms with van der Waals surface area (Å²) in [5.41, 5.74) is 1.27. The third kappa shape index (κ3) is 4.64. The molecule has 1 saturated heterocycles. The fourth-order valence-corrected chi connectivity index (χ4v) is 4.07. The second-order valence-corrected chi connectivity index (χ2v) is 7.89. The van der Waals surface area contributed by atoms with Crippen LogP contribution < -0.4 is 4.74 Å². The molecule has 8 heteroatoms. The van der Waals surface area contributed by atoms with Crippen LogP contribution in [0.3, 0.4) is 0 Å². The van der Waals surface area contributed by atoms with Crippen LogP contribution in [-0.4, -0.2) is 28.9 Å². The maximum absolute atomic E-state index is 12.7. The summed E-state index contributed by atoms with van der Waals surface area (Å²) < 4.78 is 43.8.